The summed E-state index contributed by atoms with van der Waals surface area (Å²) in [6, 6.07) is 0. The minimum atomic E-state index is -0.807. The molecule has 0 aliphatic carbocycles. The van der Waals surface area contributed by atoms with Crippen molar-refractivity contribution in [2.45, 2.75) is 297 Å². The second-order valence-electron chi connectivity index (χ2n) is 19.9. The van der Waals surface area contributed by atoms with E-state index in [1.807, 2.05) is 0 Å². The van der Waals surface area contributed by atoms with Crippen LogP contribution >= 0.6 is 0 Å². The largest absolute Gasteiger partial charge is 0.462 e. The molecule has 6 nitrogen and oxygen atoms in total. The SMILES string of the molecule is CC/C=C\C/C=C\C/C=C\C/C=C\CCCCCCC(=O)OC[C@H](COC(=O)CCC/C=C\C/C=C\C/C=C\CCCCCCCC)OC(=O)CCCCCCCCCCCCCCCCCCCCC. The van der Waals surface area contributed by atoms with E-state index in [0.29, 0.717) is 19.3 Å². The van der Waals surface area contributed by atoms with E-state index >= 15 is 0 Å². The highest BCUT2D eigenvalue weighted by Crippen LogP contribution is 2.16. The summed E-state index contributed by atoms with van der Waals surface area (Å²) in [5.41, 5.74) is 0. The lowest BCUT2D eigenvalue weighted by Gasteiger charge is -2.18. The minimum Gasteiger partial charge on any atom is -0.462 e. The van der Waals surface area contributed by atoms with Gasteiger partial charge in [0.2, 0.25) is 0 Å². The second kappa shape index (κ2) is 59.2. The average Bonchev–Trinajstić information content (AvgIpc) is 3.37. The van der Waals surface area contributed by atoms with E-state index in [0.717, 1.165) is 96.3 Å². The van der Waals surface area contributed by atoms with Crippen LogP contribution in [0.25, 0.3) is 0 Å². The number of hydrogen-bond donors (Lipinski definition) is 0. The Kier molecular flexibility index (Phi) is 56.3. The lowest BCUT2D eigenvalue weighted by atomic mass is 10.0. The number of esters is 3. The smallest absolute Gasteiger partial charge is 0.306 e. The molecule has 0 heterocycles. The lowest BCUT2D eigenvalue weighted by Crippen LogP contribution is -2.30. The van der Waals surface area contributed by atoms with Crippen molar-refractivity contribution >= 4 is 17.9 Å². The molecule has 0 spiro atoms. The van der Waals surface area contributed by atoms with Crippen molar-refractivity contribution in [2.75, 3.05) is 13.2 Å². The molecule has 71 heavy (non-hydrogen) atoms. The molecular weight excluding hydrogens is 877 g/mol. The highest BCUT2D eigenvalue weighted by molar-refractivity contribution is 5.71. The lowest BCUT2D eigenvalue weighted by molar-refractivity contribution is -0.167. The molecule has 0 aromatic rings. The first-order chi connectivity index (χ1) is 35.0. The fourth-order valence-electron chi connectivity index (χ4n) is 8.39. The van der Waals surface area contributed by atoms with Crippen LogP contribution in [0, 0.1) is 0 Å². The maximum atomic E-state index is 12.9. The molecule has 0 unspecified atom stereocenters. The van der Waals surface area contributed by atoms with Crippen molar-refractivity contribution in [3.8, 4) is 0 Å². The molecule has 0 radical (unpaired) electrons. The predicted octanol–water partition coefficient (Wildman–Crippen LogP) is 20.3. The van der Waals surface area contributed by atoms with Gasteiger partial charge in [0, 0.05) is 19.3 Å². The number of carbonyl (C=O) groups excluding carboxylic acids is 3. The zero-order valence-electron chi connectivity index (χ0n) is 46.7. The molecule has 6 heteroatoms. The number of rotatable bonds is 54. The summed E-state index contributed by atoms with van der Waals surface area (Å²) in [6.45, 7) is 6.48. The van der Waals surface area contributed by atoms with Crippen molar-refractivity contribution in [1.82, 2.24) is 0 Å². The van der Waals surface area contributed by atoms with E-state index in [9.17, 15) is 14.4 Å². The van der Waals surface area contributed by atoms with Gasteiger partial charge in [0.05, 0.1) is 0 Å². The highest BCUT2D eigenvalue weighted by Gasteiger charge is 2.19. The number of allylic oxidation sites excluding steroid dienone is 14. The van der Waals surface area contributed by atoms with Crippen molar-refractivity contribution in [2.24, 2.45) is 0 Å². The third-order valence-corrected chi connectivity index (χ3v) is 12.9. The van der Waals surface area contributed by atoms with Crippen LogP contribution in [0.15, 0.2) is 85.1 Å². The molecule has 0 saturated carbocycles. The third kappa shape index (κ3) is 57.4. The van der Waals surface area contributed by atoms with Crippen molar-refractivity contribution in [3.63, 3.8) is 0 Å². The number of ether oxygens (including phenoxy) is 3. The molecule has 0 bridgehead atoms. The number of unbranched alkanes of at least 4 members (excludes halogenated alkanes) is 29. The van der Waals surface area contributed by atoms with Crippen molar-refractivity contribution in [1.29, 1.82) is 0 Å². The molecule has 0 fully saturated rings. The Balaban J connectivity index is 4.47. The van der Waals surface area contributed by atoms with Gasteiger partial charge >= 0.3 is 17.9 Å². The molecule has 408 valence electrons. The first kappa shape index (κ1) is 67.6. The Bertz CT molecular complexity index is 1370. The Labute approximate surface area is 439 Å². The Morgan fingerprint density at radius 2 is 0.563 bits per heavy atom. The van der Waals surface area contributed by atoms with Crippen molar-refractivity contribution < 1.29 is 28.6 Å². The average molecular weight is 990 g/mol. The van der Waals surface area contributed by atoms with E-state index < -0.39 is 6.10 Å². The minimum absolute atomic E-state index is 0.103. The van der Waals surface area contributed by atoms with E-state index in [4.69, 9.17) is 14.2 Å². The quantitative estimate of drug-likeness (QED) is 0.0261. The standard InChI is InChI=1S/C65H112O6/c1-4-7-10-13-16-19-22-25-28-31-32-35-38-41-44-47-50-53-56-59-65(68)71-62(60-69-63(66)57-54-51-48-45-42-39-36-33-29-26-23-20-17-14-11-8-5-2)61-70-64(67)58-55-52-49-46-43-40-37-34-30-27-24-21-18-15-12-9-6-3/h8,11,17,20,26-27,29-30,36-37,39-40,46,49,62H,4-7,9-10,12-16,18-19,21-25,28,31-35,38,41-45,47-48,50-61H2,1-3H3/b11-8-,20-17-,29-26-,30-27-,39-36-,40-37-,49-46-/t62-/m1/s1. The highest BCUT2D eigenvalue weighted by atomic mass is 16.6. The van der Waals surface area contributed by atoms with Gasteiger partial charge < -0.3 is 14.2 Å². The molecule has 0 aromatic carbocycles. The molecule has 1 atom stereocenters. The summed E-state index contributed by atoms with van der Waals surface area (Å²) in [6.07, 6.45) is 77.3. The fourth-order valence-corrected chi connectivity index (χ4v) is 8.39. The van der Waals surface area contributed by atoms with Gasteiger partial charge in [-0.05, 0) is 89.9 Å². The van der Waals surface area contributed by atoms with Crippen LogP contribution < -0.4 is 0 Å². The summed E-state index contributed by atoms with van der Waals surface area (Å²) >= 11 is 0. The van der Waals surface area contributed by atoms with E-state index in [-0.39, 0.29) is 37.5 Å². The van der Waals surface area contributed by atoms with Gasteiger partial charge in [-0.15, -0.1) is 0 Å². The van der Waals surface area contributed by atoms with Gasteiger partial charge in [-0.25, -0.2) is 0 Å². The molecule has 0 saturated heterocycles. The summed E-state index contributed by atoms with van der Waals surface area (Å²) in [5, 5.41) is 0. The van der Waals surface area contributed by atoms with Crippen LogP contribution in [0.5, 0.6) is 0 Å². The molecule has 0 rings (SSSR count). The van der Waals surface area contributed by atoms with Crippen LogP contribution in [0.3, 0.4) is 0 Å². The summed E-state index contributed by atoms with van der Waals surface area (Å²) in [7, 11) is 0. The third-order valence-electron chi connectivity index (χ3n) is 12.9. The van der Waals surface area contributed by atoms with Crippen LogP contribution in [0.2, 0.25) is 0 Å². The van der Waals surface area contributed by atoms with Crippen LogP contribution in [-0.2, 0) is 28.6 Å². The second-order valence-corrected chi connectivity index (χ2v) is 19.9. The van der Waals surface area contributed by atoms with E-state index in [2.05, 4.69) is 106 Å². The topological polar surface area (TPSA) is 78.9 Å². The monoisotopic (exact) mass is 989 g/mol. The first-order valence-corrected chi connectivity index (χ1v) is 30.1. The van der Waals surface area contributed by atoms with Gasteiger partial charge in [0.15, 0.2) is 6.10 Å². The maximum Gasteiger partial charge on any atom is 0.306 e. The van der Waals surface area contributed by atoms with Gasteiger partial charge in [0.1, 0.15) is 13.2 Å². The zero-order chi connectivity index (χ0) is 51.4. The van der Waals surface area contributed by atoms with Crippen LogP contribution in [-0.4, -0.2) is 37.2 Å². The summed E-state index contributed by atoms with van der Waals surface area (Å²) < 4.78 is 16.8. The Morgan fingerprint density at radius 1 is 0.296 bits per heavy atom. The summed E-state index contributed by atoms with van der Waals surface area (Å²) in [5.74, 6) is -0.968. The number of hydrogen-bond acceptors (Lipinski definition) is 6. The van der Waals surface area contributed by atoms with Crippen LogP contribution in [0.1, 0.15) is 290 Å². The fraction of sp³-hybridized carbons (Fsp3) is 0.738. The van der Waals surface area contributed by atoms with Gasteiger partial charge in [0.25, 0.3) is 0 Å². The molecule has 0 N–H and O–H groups in total. The molecule has 0 aromatic heterocycles. The number of carbonyl (C=O) groups is 3. The van der Waals surface area contributed by atoms with Gasteiger partial charge in [-0.3, -0.25) is 14.4 Å². The molecule has 0 aliphatic rings. The predicted molar refractivity (Wildman–Crippen MR) is 307 cm³/mol. The van der Waals surface area contributed by atoms with Crippen molar-refractivity contribution in [3.05, 3.63) is 85.1 Å². The first-order valence-electron chi connectivity index (χ1n) is 30.1. The Hall–Kier alpha value is -3.41. The zero-order valence-corrected chi connectivity index (χ0v) is 46.7. The van der Waals surface area contributed by atoms with Crippen LogP contribution in [0.4, 0.5) is 0 Å². The van der Waals surface area contributed by atoms with E-state index in [1.54, 1.807) is 0 Å². The van der Waals surface area contributed by atoms with Gasteiger partial charge in [-0.2, -0.15) is 0 Å². The molecular formula is C65H112O6. The summed E-state index contributed by atoms with van der Waals surface area (Å²) in [4.78, 5) is 38.2. The molecule has 0 aliphatic heterocycles. The van der Waals surface area contributed by atoms with E-state index in [1.165, 1.54) is 148 Å². The Morgan fingerprint density at radius 3 is 0.915 bits per heavy atom. The maximum absolute atomic E-state index is 12.9. The normalized spacial score (nSPS) is 12.7. The molecule has 0 amide bonds. The van der Waals surface area contributed by atoms with Gasteiger partial charge in [-0.1, -0.05) is 266 Å².